The van der Waals surface area contributed by atoms with Crippen molar-refractivity contribution in [2.24, 2.45) is 0 Å². The van der Waals surface area contributed by atoms with Gasteiger partial charge in [0.25, 0.3) is 11.8 Å². The van der Waals surface area contributed by atoms with E-state index in [0.717, 1.165) is 11.1 Å². The fraction of sp³-hybridized carbons (Fsp3) is 0.0769. The van der Waals surface area contributed by atoms with Crippen LogP contribution in [0.2, 0.25) is 5.02 Å². The standard InChI is InChI=1S/C26H19ClN4O3/c27-19-7-8-24-22(12-19)31(16-18-5-1-2-6-23(18)34-24)26(33)21-15-29-11-9-20(21)25(32)30-14-17-4-3-10-28-13-17/h1-13,15H,14,16H2,(H,30,32). The molecule has 0 aliphatic carbocycles. The van der Waals surface area contributed by atoms with Crippen molar-refractivity contribution < 1.29 is 14.3 Å². The maximum Gasteiger partial charge on any atom is 0.261 e. The molecule has 0 saturated heterocycles. The second-order valence-corrected chi connectivity index (χ2v) is 8.11. The van der Waals surface area contributed by atoms with Crippen LogP contribution in [0, 0.1) is 0 Å². The summed E-state index contributed by atoms with van der Waals surface area (Å²) in [5, 5.41) is 3.31. The summed E-state index contributed by atoms with van der Waals surface area (Å²) in [6.07, 6.45) is 6.23. The van der Waals surface area contributed by atoms with Crippen LogP contribution in [0.15, 0.2) is 85.5 Å². The Labute approximate surface area is 201 Å². The van der Waals surface area contributed by atoms with Gasteiger partial charge in [0, 0.05) is 41.9 Å². The van der Waals surface area contributed by atoms with Gasteiger partial charge in [-0.15, -0.1) is 0 Å². The number of benzene rings is 2. The van der Waals surface area contributed by atoms with Crippen molar-refractivity contribution in [1.82, 2.24) is 15.3 Å². The molecule has 0 unspecified atom stereocenters. The first kappa shape index (κ1) is 21.6. The number of amides is 2. The van der Waals surface area contributed by atoms with E-state index in [0.29, 0.717) is 22.2 Å². The van der Waals surface area contributed by atoms with E-state index >= 15 is 0 Å². The molecule has 8 heteroatoms. The third-order valence-electron chi connectivity index (χ3n) is 5.45. The average molecular weight is 471 g/mol. The maximum atomic E-state index is 13.8. The Bertz CT molecular complexity index is 1380. The molecule has 0 fully saturated rings. The summed E-state index contributed by atoms with van der Waals surface area (Å²) in [7, 11) is 0. The van der Waals surface area contributed by atoms with Crippen molar-refractivity contribution in [2.75, 3.05) is 4.90 Å². The molecular weight excluding hydrogens is 452 g/mol. The molecule has 1 aliphatic heterocycles. The molecule has 7 nitrogen and oxygen atoms in total. The van der Waals surface area contributed by atoms with Gasteiger partial charge >= 0.3 is 0 Å². The summed E-state index contributed by atoms with van der Waals surface area (Å²) < 4.78 is 6.09. The predicted octanol–water partition coefficient (Wildman–Crippen LogP) is 5.01. The van der Waals surface area contributed by atoms with Crippen LogP contribution in [0.5, 0.6) is 11.5 Å². The monoisotopic (exact) mass is 470 g/mol. The number of pyridine rings is 2. The SMILES string of the molecule is O=C(NCc1cccnc1)c1ccncc1C(=O)N1Cc2ccccc2Oc2ccc(Cl)cc21. The zero-order valence-electron chi connectivity index (χ0n) is 17.9. The number of hydrogen-bond acceptors (Lipinski definition) is 5. The van der Waals surface area contributed by atoms with Gasteiger partial charge in [-0.1, -0.05) is 35.9 Å². The molecule has 2 aromatic heterocycles. The lowest BCUT2D eigenvalue weighted by atomic mass is 10.1. The molecule has 0 spiro atoms. The molecule has 1 N–H and O–H groups in total. The Morgan fingerprint density at radius 3 is 2.65 bits per heavy atom. The highest BCUT2D eigenvalue weighted by Crippen LogP contribution is 2.41. The van der Waals surface area contributed by atoms with E-state index in [1.54, 1.807) is 41.6 Å². The number of para-hydroxylation sites is 1. The smallest absolute Gasteiger partial charge is 0.261 e. The van der Waals surface area contributed by atoms with Crippen LogP contribution in [0.1, 0.15) is 31.8 Å². The van der Waals surface area contributed by atoms with Gasteiger partial charge in [-0.2, -0.15) is 0 Å². The number of carbonyl (C=O) groups excluding carboxylic acids is 2. The summed E-state index contributed by atoms with van der Waals surface area (Å²) in [6.45, 7) is 0.528. The molecule has 0 saturated carbocycles. The number of nitrogens with one attached hydrogen (secondary N) is 1. The van der Waals surface area contributed by atoms with E-state index in [9.17, 15) is 9.59 Å². The van der Waals surface area contributed by atoms with Crippen molar-refractivity contribution in [3.05, 3.63) is 113 Å². The summed E-state index contributed by atoms with van der Waals surface area (Å²) in [5.74, 6) is 0.381. The number of rotatable bonds is 4. The van der Waals surface area contributed by atoms with Gasteiger partial charge in [-0.05, 0) is 42.0 Å². The van der Waals surface area contributed by atoms with E-state index in [-0.39, 0.29) is 36.0 Å². The van der Waals surface area contributed by atoms with Crippen molar-refractivity contribution in [1.29, 1.82) is 0 Å². The molecule has 34 heavy (non-hydrogen) atoms. The summed E-state index contributed by atoms with van der Waals surface area (Å²) in [4.78, 5) is 36.6. The summed E-state index contributed by atoms with van der Waals surface area (Å²) >= 11 is 6.26. The first-order valence-electron chi connectivity index (χ1n) is 10.6. The third kappa shape index (κ3) is 4.33. The lowest BCUT2D eigenvalue weighted by Crippen LogP contribution is -2.33. The van der Waals surface area contributed by atoms with Gasteiger partial charge in [0.2, 0.25) is 0 Å². The molecule has 2 amide bonds. The van der Waals surface area contributed by atoms with Gasteiger partial charge in [-0.25, -0.2) is 0 Å². The van der Waals surface area contributed by atoms with E-state index in [4.69, 9.17) is 16.3 Å². The van der Waals surface area contributed by atoms with Crippen LogP contribution in [-0.4, -0.2) is 21.8 Å². The van der Waals surface area contributed by atoms with Crippen molar-refractivity contribution in [3.63, 3.8) is 0 Å². The van der Waals surface area contributed by atoms with Gasteiger partial charge in [0.15, 0.2) is 5.75 Å². The van der Waals surface area contributed by atoms with Crippen molar-refractivity contribution >= 4 is 29.1 Å². The molecule has 4 aromatic rings. The number of ether oxygens (including phenoxy) is 1. The van der Waals surface area contributed by atoms with Crippen molar-refractivity contribution in [2.45, 2.75) is 13.1 Å². The number of hydrogen-bond donors (Lipinski definition) is 1. The number of fused-ring (bicyclic) bond motifs is 2. The van der Waals surface area contributed by atoms with Crippen LogP contribution < -0.4 is 15.0 Å². The zero-order valence-corrected chi connectivity index (χ0v) is 18.7. The number of halogens is 1. The van der Waals surface area contributed by atoms with Crippen LogP contribution in [-0.2, 0) is 13.1 Å². The average Bonchev–Trinajstić information content (AvgIpc) is 3.04. The highest BCUT2D eigenvalue weighted by atomic mass is 35.5. The van der Waals surface area contributed by atoms with Crippen molar-refractivity contribution in [3.8, 4) is 11.5 Å². The summed E-state index contributed by atoms with van der Waals surface area (Å²) in [6, 6.07) is 17.8. The minimum absolute atomic E-state index is 0.177. The molecule has 168 valence electrons. The molecule has 0 bridgehead atoms. The number of anilines is 1. The van der Waals surface area contributed by atoms with Gasteiger partial charge in [0.05, 0.1) is 23.4 Å². The fourth-order valence-electron chi connectivity index (χ4n) is 3.77. The molecule has 1 aliphatic rings. The van der Waals surface area contributed by atoms with E-state index in [1.165, 1.54) is 18.5 Å². The quantitative estimate of drug-likeness (QED) is 0.453. The van der Waals surface area contributed by atoms with Gasteiger partial charge in [-0.3, -0.25) is 19.6 Å². The fourth-order valence-corrected chi connectivity index (χ4v) is 3.93. The zero-order chi connectivity index (χ0) is 23.5. The number of aromatic nitrogens is 2. The predicted molar refractivity (Wildman–Crippen MR) is 128 cm³/mol. The Morgan fingerprint density at radius 1 is 0.941 bits per heavy atom. The van der Waals surface area contributed by atoms with Crippen LogP contribution in [0.4, 0.5) is 5.69 Å². The lowest BCUT2D eigenvalue weighted by Gasteiger charge is -2.23. The largest absolute Gasteiger partial charge is 0.455 e. The van der Waals surface area contributed by atoms with Gasteiger partial charge < -0.3 is 15.0 Å². The molecule has 2 aromatic carbocycles. The molecule has 0 atom stereocenters. The number of carbonyl (C=O) groups is 2. The first-order chi connectivity index (χ1) is 16.6. The minimum atomic E-state index is -0.386. The topological polar surface area (TPSA) is 84.4 Å². The normalized spacial score (nSPS) is 12.1. The lowest BCUT2D eigenvalue weighted by molar-refractivity contribution is 0.0930. The Kier molecular flexibility index (Phi) is 5.93. The Hall–Kier alpha value is -4.23. The molecular formula is C26H19ClN4O3. The maximum absolute atomic E-state index is 13.8. The highest BCUT2D eigenvalue weighted by Gasteiger charge is 2.29. The minimum Gasteiger partial charge on any atom is -0.455 e. The molecule has 0 radical (unpaired) electrons. The highest BCUT2D eigenvalue weighted by molar-refractivity contribution is 6.31. The Balaban J connectivity index is 1.50. The first-order valence-corrected chi connectivity index (χ1v) is 11.0. The van der Waals surface area contributed by atoms with Crippen LogP contribution >= 0.6 is 11.6 Å². The van der Waals surface area contributed by atoms with E-state index in [2.05, 4.69) is 15.3 Å². The van der Waals surface area contributed by atoms with E-state index < -0.39 is 0 Å². The van der Waals surface area contributed by atoms with Crippen LogP contribution in [0.3, 0.4) is 0 Å². The van der Waals surface area contributed by atoms with E-state index in [1.807, 2.05) is 30.3 Å². The molecule has 3 heterocycles. The third-order valence-corrected chi connectivity index (χ3v) is 5.68. The molecule has 5 rings (SSSR count). The van der Waals surface area contributed by atoms with Crippen LogP contribution in [0.25, 0.3) is 0 Å². The number of nitrogens with zero attached hydrogens (tertiary/aromatic N) is 3. The second-order valence-electron chi connectivity index (χ2n) is 7.68. The van der Waals surface area contributed by atoms with Gasteiger partial charge in [0.1, 0.15) is 5.75 Å². The Morgan fingerprint density at radius 2 is 1.79 bits per heavy atom. The second kappa shape index (κ2) is 9.33. The summed E-state index contributed by atoms with van der Waals surface area (Å²) in [5.41, 5.74) is 2.60.